The van der Waals surface area contributed by atoms with E-state index in [-0.39, 0.29) is 0 Å². The lowest BCUT2D eigenvalue weighted by Crippen LogP contribution is -2.33. The summed E-state index contributed by atoms with van der Waals surface area (Å²) in [5.74, 6) is -0.707. The molecule has 0 atom stereocenters. The maximum Gasteiger partial charge on any atom is 0.320 e. The average molecular weight is 230 g/mol. The molecule has 0 amide bonds. The summed E-state index contributed by atoms with van der Waals surface area (Å²) in [5, 5.41) is 11.2. The van der Waals surface area contributed by atoms with Gasteiger partial charge in [-0.05, 0) is 24.3 Å². The average Bonchev–Trinajstić information content (AvgIpc) is 2.66. The van der Waals surface area contributed by atoms with Gasteiger partial charge in [0.15, 0.2) is 0 Å². The number of thiophene rings is 1. The van der Waals surface area contributed by atoms with Crippen LogP contribution >= 0.6 is 23.1 Å². The van der Waals surface area contributed by atoms with E-state index in [1.54, 1.807) is 11.3 Å². The standard InChI is InChI=1S/C10H14O2S2/c1-3-10(4-2,9(11)12)14-8-6-5-7-13-8/h5-7H,3-4H2,1-2H3,(H,11,12). The first kappa shape index (κ1) is 11.6. The van der Waals surface area contributed by atoms with Gasteiger partial charge in [-0.25, -0.2) is 0 Å². The zero-order valence-corrected chi connectivity index (χ0v) is 9.95. The van der Waals surface area contributed by atoms with Crippen LogP contribution in [0.25, 0.3) is 0 Å². The van der Waals surface area contributed by atoms with Crippen molar-refractivity contribution in [1.29, 1.82) is 0 Å². The fraction of sp³-hybridized carbons (Fsp3) is 0.500. The molecular formula is C10H14O2S2. The third kappa shape index (κ3) is 2.30. The van der Waals surface area contributed by atoms with Gasteiger partial charge in [-0.2, -0.15) is 0 Å². The molecule has 0 aromatic carbocycles. The van der Waals surface area contributed by atoms with Crippen molar-refractivity contribution in [2.45, 2.75) is 35.6 Å². The minimum absolute atomic E-state index is 0.648. The number of carboxylic acids is 1. The molecule has 78 valence electrons. The maximum atomic E-state index is 11.2. The summed E-state index contributed by atoms with van der Waals surface area (Å²) in [7, 11) is 0. The van der Waals surface area contributed by atoms with Crippen molar-refractivity contribution in [3.05, 3.63) is 17.5 Å². The van der Waals surface area contributed by atoms with Gasteiger partial charge in [0.1, 0.15) is 4.75 Å². The maximum absolute atomic E-state index is 11.2. The van der Waals surface area contributed by atoms with Gasteiger partial charge in [-0.15, -0.1) is 11.3 Å². The Morgan fingerprint density at radius 2 is 2.21 bits per heavy atom. The summed E-state index contributed by atoms with van der Waals surface area (Å²) in [6, 6.07) is 3.92. The van der Waals surface area contributed by atoms with E-state index in [2.05, 4.69) is 0 Å². The summed E-state index contributed by atoms with van der Waals surface area (Å²) >= 11 is 3.07. The van der Waals surface area contributed by atoms with Gasteiger partial charge in [0, 0.05) is 0 Å². The SMILES string of the molecule is CCC(CC)(Sc1cccs1)C(=O)O. The van der Waals surface area contributed by atoms with Gasteiger partial charge >= 0.3 is 5.97 Å². The van der Waals surface area contributed by atoms with Crippen molar-refractivity contribution in [3.8, 4) is 0 Å². The van der Waals surface area contributed by atoms with Crippen molar-refractivity contribution >= 4 is 29.1 Å². The summed E-state index contributed by atoms with van der Waals surface area (Å²) in [5.41, 5.74) is 0. The van der Waals surface area contributed by atoms with Crippen LogP contribution in [0.4, 0.5) is 0 Å². The Morgan fingerprint density at radius 3 is 2.57 bits per heavy atom. The van der Waals surface area contributed by atoms with E-state index < -0.39 is 10.7 Å². The number of hydrogen-bond acceptors (Lipinski definition) is 3. The molecule has 0 aliphatic heterocycles. The fourth-order valence-corrected chi connectivity index (χ4v) is 3.45. The highest BCUT2D eigenvalue weighted by atomic mass is 32.2. The Labute approximate surface area is 92.3 Å². The lowest BCUT2D eigenvalue weighted by molar-refractivity contribution is -0.140. The Bertz CT molecular complexity index is 289. The predicted molar refractivity (Wildman–Crippen MR) is 61.1 cm³/mol. The Balaban J connectivity index is 2.83. The third-order valence-corrected chi connectivity index (χ3v) is 5.00. The monoisotopic (exact) mass is 230 g/mol. The highest BCUT2D eigenvalue weighted by Gasteiger charge is 2.36. The molecule has 0 saturated carbocycles. The number of thioether (sulfide) groups is 1. The highest BCUT2D eigenvalue weighted by molar-refractivity contribution is 8.03. The molecule has 0 aliphatic carbocycles. The second-order valence-corrected chi connectivity index (χ2v) is 5.67. The molecule has 2 nitrogen and oxygen atoms in total. The number of hydrogen-bond donors (Lipinski definition) is 1. The zero-order valence-electron chi connectivity index (χ0n) is 8.32. The van der Waals surface area contributed by atoms with E-state index in [0.29, 0.717) is 12.8 Å². The number of rotatable bonds is 5. The van der Waals surface area contributed by atoms with Crippen LogP contribution in [-0.2, 0) is 4.79 Å². The largest absolute Gasteiger partial charge is 0.480 e. The first-order valence-electron chi connectivity index (χ1n) is 4.60. The van der Waals surface area contributed by atoms with E-state index in [1.807, 2.05) is 31.4 Å². The molecule has 1 aromatic heterocycles. The van der Waals surface area contributed by atoms with Crippen LogP contribution in [0.2, 0.25) is 0 Å². The van der Waals surface area contributed by atoms with Crippen LogP contribution in [0.3, 0.4) is 0 Å². The summed E-state index contributed by atoms with van der Waals surface area (Å²) in [4.78, 5) is 11.2. The molecule has 1 rings (SSSR count). The van der Waals surface area contributed by atoms with Gasteiger partial charge in [0.2, 0.25) is 0 Å². The van der Waals surface area contributed by atoms with Crippen LogP contribution in [0, 0.1) is 0 Å². The van der Waals surface area contributed by atoms with Crippen LogP contribution in [0.5, 0.6) is 0 Å². The van der Waals surface area contributed by atoms with E-state index in [9.17, 15) is 9.90 Å². The molecule has 0 aliphatic rings. The molecule has 0 fully saturated rings. The zero-order chi connectivity index (χ0) is 10.6. The molecule has 1 heterocycles. The van der Waals surface area contributed by atoms with Crippen LogP contribution in [0.1, 0.15) is 26.7 Å². The Kier molecular flexibility index (Phi) is 4.01. The number of carboxylic acid groups (broad SMARTS) is 1. The minimum Gasteiger partial charge on any atom is -0.480 e. The van der Waals surface area contributed by atoms with Crippen LogP contribution in [0.15, 0.2) is 21.7 Å². The molecule has 0 spiro atoms. The topological polar surface area (TPSA) is 37.3 Å². The van der Waals surface area contributed by atoms with E-state index >= 15 is 0 Å². The predicted octanol–water partition coefficient (Wildman–Crippen LogP) is 3.48. The van der Waals surface area contributed by atoms with Crippen molar-refractivity contribution in [3.63, 3.8) is 0 Å². The molecule has 1 N–H and O–H groups in total. The quantitative estimate of drug-likeness (QED) is 0.787. The Hall–Kier alpha value is -0.480. The first-order chi connectivity index (χ1) is 6.64. The number of carbonyl (C=O) groups is 1. The summed E-state index contributed by atoms with van der Waals surface area (Å²) in [6.45, 7) is 3.86. The second kappa shape index (κ2) is 4.84. The van der Waals surface area contributed by atoms with Gasteiger partial charge in [-0.3, -0.25) is 4.79 Å². The number of aliphatic carboxylic acids is 1. The molecule has 0 radical (unpaired) electrons. The second-order valence-electron chi connectivity index (χ2n) is 3.04. The van der Waals surface area contributed by atoms with Crippen molar-refractivity contribution in [1.82, 2.24) is 0 Å². The van der Waals surface area contributed by atoms with E-state index in [0.717, 1.165) is 4.21 Å². The van der Waals surface area contributed by atoms with Crippen LogP contribution < -0.4 is 0 Å². The Morgan fingerprint density at radius 1 is 1.57 bits per heavy atom. The lowest BCUT2D eigenvalue weighted by Gasteiger charge is -2.24. The molecule has 0 saturated heterocycles. The minimum atomic E-state index is -0.707. The molecule has 14 heavy (non-hydrogen) atoms. The molecule has 4 heteroatoms. The van der Waals surface area contributed by atoms with E-state index in [4.69, 9.17) is 0 Å². The first-order valence-corrected chi connectivity index (χ1v) is 6.30. The molecule has 0 bridgehead atoms. The summed E-state index contributed by atoms with van der Waals surface area (Å²) < 4.78 is 0.432. The normalized spacial score (nSPS) is 11.6. The van der Waals surface area contributed by atoms with Gasteiger partial charge in [0.05, 0.1) is 4.21 Å². The molecule has 1 aromatic rings. The van der Waals surface area contributed by atoms with Gasteiger partial charge in [0.25, 0.3) is 0 Å². The molecular weight excluding hydrogens is 216 g/mol. The lowest BCUT2D eigenvalue weighted by atomic mass is 10.0. The smallest absolute Gasteiger partial charge is 0.320 e. The fourth-order valence-electron chi connectivity index (χ4n) is 1.25. The van der Waals surface area contributed by atoms with Gasteiger partial charge in [-0.1, -0.05) is 31.7 Å². The summed E-state index contributed by atoms with van der Waals surface area (Å²) in [6.07, 6.45) is 1.31. The third-order valence-electron chi connectivity index (χ3n) is 2.32. The van der Waals surface area contributed by atoms with Crippen LogP contribution in [-0.4, -0.2) is 15.8 Å². The highest BCUT2D eigenvalue weighted by Crippen LogP contribution is 2.40. The van der Waals surface area contributed by atoms with Crippen molar-refractivity contribution in [2.24, 2.45) is 0 Å². The van der Waals surface area contributed by atoms with E-state index in [1.165, 1.54) is 11.8 Å². The molecule has 0 unspecified atom stereocenters. The van der Waals surface area contributed by atoms with Crippen molar-refractivity contribution in [2.75, 3.05) is 0 Å². The van der Waals surface area contributed by atoms with Crippen molar-refractivity contribution < 1.29 is 9.90 Å². The van der Waals surface area contributed by atoms with Gasteiger partial charge < -0.3 is 5.11 Å².